The second-order valence-electron chi connectivity index (χ2n) is 15.6. The van der Waals surface area contributed by atoms with Crippen molar-refractivity contribution in [3.63, 3.8) is 0 Å². The van der Waals surface area contributed by atoms with E-state index in [9.17, 15) is 0 Å². The molecule has 0 nitrogen and oxygen atoms in total. The standard InChI is InChI=1S/C58H46P2/c1-7-25-49(26-8-1)59(50-27-9-2-10-28-50,51-29-11-3-12-30-51)43-47-41-39-45-23-19-21-37-55(45)57(47)58-48(42-40-46-24-20-22-38-56(46)58)44-60(52-31-13-4-14-32-52,53-33-15-5-16-34-53)54-35-17-6-18-36-54/h1-42H,43-44H2/q+2. The highest BCUT2D eigenvalue weighted by atomic mass is 31.2. The minimum atomic E-state index is -2.25. The van der Waals surface area contributed by atoms with Crippen molar-refractivity contribution >= 4 is 67.9 Å². The molecule has 286 valence electrons. The Balaban J connectivity index is 1.30. The van der Waals surface area contributed by atoms with E-state index in [1.165, 1.54) is 75.6 Å². The van der Waals surface area contributed by atoms with E-state index in [1.54, 1.807) is 0 Å². The summed E-state index contributed by atoms with van der Waals surface area (Å²) in [5.74, 6) is 0. The molecule has 0 radical (unpaired) electrons. The molecule has 0 N–H and O–H groups in total. The summed E-state index contributed by atoms with van der Waals surface area (Å²) in [7, 11) is -4.51. The lowest BCUT2D eigenvalue weighted by molar-refractivity contribution is 1.36. The first-order valence-electron chi connectivity index (χ1n) is 20.9. The van der Waals surface area contributed by atoms with Crippen molar-refractivity contribution in [3.8, 4) is 11.1 Å². The SMILES string of the molecule is c1ccc([P+](Cc2ccc3ccccc3c2-c2c(C[P+](c3ccccc3)(c3ccccc3)c3ccccc3)ccc3ccccc23)(c2ccccc2)c2ccccc2)cc1. The summed E-state index contributed by atoms with van der Waals surface area (Å²) in [6.45, 7) is 0. The lowest BCUT2D eigenvalue weighted by Crippen LogP contribution is -2.33. The van der Waals surface area contributed by atoms with Crippen LogP contribution in [0.25, 0.3) is 32.7 Å². The fourth-order valence-corrected chi connectivity index (χ4v) is 18.1. The molecule has 2 heteroatoms. The molecule has 10 aromatic carbocycles. The number of rotatable bonds is 11. The second-order valence-corrected chi connectivity index (χ2v) is 22.6. The van der Waals surface area contributed by atoms with E-state index < -0.39 is 14.5 Å². The van der Waals surface area contributed by atoms with Crippen molar-refractivity contribution in [2.24, 2.45) is 0 Å². The molecule has 0 spiro atoms. The molecule has 0 bridgehead atoms. The van der Waals surface area contributed by atoms with Crippen LogP contribution in [0.2, 0.25) is 0 Å². The number of hydrogen-bond acceptors (Lipinski definition) is 0. The largest absolute Gasteiger partial charge is 0.116 e. The van der Waals surface area contributed by atoms with Crippen LogP contribution in [0.3, 0.4) is 0 Å². The van der Waals surface area contributed by atoms with Crippen molar-refractivity contribution < 1.29 is 0 Å². The maximum absolute atomic E-state index is 2.46. The van der Waals surface area contributed by atoms with Crippen LogP contribution in [0.5, 0.6) is 0 Å². The highest BCUT2D eigenvalue weighted by Crippen LogP contribution is 2.62. The van der Waals surface area contributed by atoms with Crippen molar-refractivity contribution in [2.45, 2.75) is 12.3 Å². The molecule has 0 amide bonds. The Bertz CT molecular complexity index is 2600. The van der Waals surface area contributed by atoms with Gasteiger partial charge in [0.15, 0.2) is 0 Å². The van der Waals surface area contributed by atoms with Crippen LogP contribution in [-0.4, -0.2) is 0 Å². The molecule has 60 heavy (non-hydrogen) atoms. The predicted octanol–water partition coefficient (Wildman–Crippen LogP) is 12.6. The topological polar surface area (TPSA) is 0 Å². The Hall–Kier alpha value is -6.42. The van der Waals surface area contributed by atoms with Crippen LogP contribution < -0.4 is 31.8 Å². The lowest BCUT2D eigenvalue weighted by Gasteiger charge is -2.31. The molecule has 0 saturated carbocycles. The van der Waals surface area contributed by atoms with Gasteiger partial charge in [0.25, 0.3) is 0 Å². The van der Waals surface area contributed by atoms with E-state index in [0.29, 0.717) is 0 Å². The first-order chi connectivity index (χ1) is 29.8. The quantitative estimate of drug-likeness (QED) is 0.114. The zero-order valence-electron chi connectivity index (χ0n) is 33.6. The van der Waals surface area contributed by atoms with Gasteiger partial charge in [-0.15, -0.1) is 0 Å². The van der Waals surface area contributed by atoms with Crippen molar-refractivity contribution in [2.75, 3.05) is 0 Å². The van der Waals surface area contributed by atoms with Gasteiger partial charge in [-0.05, 0) is 117 Å². The minimum Gasteiger partial charge on any atom is -0.0620 e. The molecule has 10 aromatic rings. The van der Waals surface area contributed by atoms with Gasteiger partial charge >= 0.3 is 0 Å². The Morgan fingerprint density at radius 1 is 0.217 bits per heavy atom. The van der Waals surface area contributed by atoms with Gasteiger partial charge < -0.3 is 0 Å². The van der Waals surface area contributed by atoms with Gasteiger partial charge in [0, 0.05) is 0 Å². The fourth-order valence-electron chi connectivity index (χ4n) is 9.54. The highest BCUT2D eigenvalue weighted by molar-refractivity contribution is 7.95. The summed E-state index contributed by atoms with van der Waals surface area (Å²) >= 11 is 0. The van der Waals surface area contributed by atoms with Crippen LogP contribution in [0, 0.1) is 0 Å². The molecule has 10 rings (SSSR count). The third kappa shape index (κ3) is 6.77. The molecule has 0 aliphatic heterocycles. The predicted molar refractivity (Wildman–Crippen MR) is 265 cm³/mol. The molecule has 0 aromatic heterocycles. The van der Waals surface area contributed by atoms with Gasteiger partial charge in [0.1, 0.15) is 46.4 Å². The monoisotopic (exact) mass is 804 g/mol. The zero-order valence-corrected chi connectivity index (χ0v) is 35.3. The number of fused-ring (bicyclic) bond motifs is 2. The molecular weight excluding hydrogens is 759 g/mol. The van der Waals surface area contributed by atoms with E-state index in [2.05, 4.69) is 255 Å². The van der Waals surface area contributed by atoms with Gasteiger partial charge in [-0.25, -0.2) is 0 Å². The number of hydrogen-bond donors (Lipinski definition) is 0. The van der Waals surface area contributed by atoms with Crippen LogP contribution in [0.4, 0.5) is 0 Å². The first kappa shape index (κ1) is 37.8. The Labute approximate surface area is 355 Å². The Morgan fingerprint density at radius 3 is 0.717 bits per heavy atom. The fraction of sp³-hybridized carbons (Fsp3) is 0.0345. The maximum Gasteiger partial charge on any atom is 0.116 e. The maximum atomic E-state index is 2.46. The van der Waals surface area contributed by atoms with Crippen LogP contribution in [-0.2, 0) is 12.3 Å². The summed E-state index contributed by atoms with van der Waals surface area (Å²) in [4.78, 5) is 0. The van der Waals surface area contributed by atoms with E-state index in [0.717, 1.165) is 12.3 Å². The third-order valence-electron chi connectivity index (χ3n) is 12.3. The summed E-state index contributed by atoms with van der Waals surface area (Å²) in [6.07, 6.45) is 1.76. The third-order valence-corrected chi connectivity index (χ3v) is 21.0. The smallest absolute Gasteiger partial charge is 0.0620 e. The van der Waals surface area contributed by atoms with Gasteiger partial charge in [-0.2, -0.15) is 0 Å². The zero-order chi connectivity index (χ0) is 40.2. The Kier molecular flexibility index (Phi) is 10.5. The van der Waals surface area contributed by atoms with Crippen LogP contribution >= 0.6 is 14.5 Å². The second kappa shape index (κ2) is 16.7. The van der Waals surface area contributed by atoms with E-state index in [-0.39, 0.29) is 0 Å². The molecule has 0 saturated heterocycles. The minimum absolute atomic E-state index is 0.879. The van der Waals surface area contributed by atoms with E-state index >= 15 is 0 Å². The van der Waals surface area contributed by atoms with Crippen LogP contribution in [0.15, 0.2) is 255 Å². The van der Waals surface area contributed by atoms with Gasteiger partial charge in [-0.3, -0.25) is 0 Å². The van der Waals surface area contributed by atoms with Gasteiger partial charge in [-0.1, -0.05) is 182 Å². The van der Waals surface area contributed by atoms with Gasteiger partial charge in [0.2, 0.25) is 0 Å². The lowest BCUT2D eigenvalue weighted by atomic mass is 9.88. The molecule has 0 heterocycles. The molecular formula is C58H46P2+2. The summed E-state index contributed by atoms with van der Waals surface area (Å²) < 4.78 is 0. The average molecular weight is 805 g/mol. The normalized spacial score (nSPS) is 11.8. The summed E-state index contributed by atoms with van der Waals surface area (Å²) in [5.41, 5.74) is 5.44. The molecule has 0 fully saturated rings. The average Bonchev–Trinajstić information content (AvgIpc) is 3.34. The van der Waals surface area contributed by atoms with Crippen molar-refractivity contribution in [1.29, 1.82) is 0 Å². The first-order valence-corrected chi connectivity index (χ1v) is 24.8. The molecule has 0 aliphatic carbocycles. The summed E-state index contributed by atoms with van der Waals surface area (Å²) in [6, 6.07) is 95.8. The molecule has 0 aliphatic rings. The van der Waals surface area contributed by atoms with Crippen molar-refractivity contribution in [1.82, 2.24) is 0 Å². The van der Waals surface area contributed by atoms with Crippen LogP contribution in [0.1, 0.15) is 11.1 Å². The number of benzene rings is 10. The van der Waals surface area contributed by atoms with E-state index in [4.69, 9.17) is 0 Å². The molecule has 0 atom stereocenters. The highest BCUT2D eigenvalue weighted by Gasteiger charge is 2.48. The van der Waals surface area contributed by atoms with E-state index in [1.807, 2.05) is 0 Å². The van der Waals surface area contributed by atoms with Crippen molar-refractivity contribution in [3.05, 3.63) is 266 Å². The summed E-state index contributed by atoms with van der Waals surface area (Å²) in [5, 5.41) is 13.4. The Morgan fingerprint density at radius 2 is 0.450 bits per heavy atom. The van der Waals surface area contributed by atoms with Gasteiger partial charge in [0.05, 0.1) is 12.3 Å². The molecule has 0 unspecified atom stereocenters.